The molecule has 0 aromatic rings. The Bertz CT molecular complexity index is 411. The summed E-state index contributed by atoms with van der Waals surface area (Å²) in [5.41, 5.74) is 9.77. The number of amides is 4. The first-order valence-electron chi connectivity index (χ1n) is 6.34. The largest absolute Gasteiger partial charge is 0.460 e. The molecule has 10 heteroatoms. The van der Waals surface area contributed by atoms with Crippen LogP contribution in [0.2, 0.25) is 0 Å². The van der Waals surface area contributed by atoms with E-state index >= 15 is 0 Å². The van der Waals surface area contributed by atoms with Crippen LogP contribution in [0.5, 0.6) is 0 Å². The maximum absolute atomic E-state index is 11.3. The van der Waals surface area contributed by atoms with Crippen LogP contribution in [0.25, 0.3) is 0 Å². The first-order valence-corrected chi connectivity index (χ1v) is 6.34. The van der Waals surface area contributed by atoms with Gasteiger partial charge in [-0.25, -0.2) is 19.2 Å². The zero-order valence-electron chi connectivity index (χ0n) is 12.3. The number of primary amides is 2. The smallest absolute Gasteiger partial charge is 0.331 e. The van der Waals surface area contributed by atoms with Crippen LogP contribution >= 0.6 is 0 Å². The van der Waals surface area contributed by atoms with Crippen LogP contribution < -0.4 is 22.1 Å². The van der Waals surface area contributed by atoms with Gasteiger partial charge in [0, 0.05) is 12.2 Å². The first-order chi connectivity index (χ1) is 10.2. The van der Waals surface area contributed by atoms with Gasteiger partial charge in [-0.15, -0.1) is 0 Å². The van der Waals surface area contributed by atoms with E-state index < -0.39 is 36.1 Å². The van der Waals surface area contributed by atoms with Gasteiger partial charge in [-0.3, -0.25) is 0 Å². The van der Waals surface area contributed by atoms with E-state index in [4.69, 9.17) is 20.9 Å². The van der Waals surface area contributed by atoms with E-state index in [9.17, 15) is 19.2 Å². The summed E-state index contributed by atoms with van der Waals surface area (Å²) < 4.78 is 9.51. The van der Waals surface area contributed by atoms with Crippen molar-refractivity contribution in [3.63, 3.8) is 0 Å². The molecule has 4 amide bonds. The molecule has 0 saturated heterocycles. The van der Waals surface area contributed by atoms with Crippen LogP contribution in [-0.2, 0) is 19.1 Å². The highest BCUT2D eigenvalue weighted by Gasteiger charge is 2.08. The topological polar surface area (TPSA) is 163 Å². The monoisotopic (exact) mass is 316 g/mol. The lowest BCUT2D eigenvalue weighted by atomic mass is 10.3. The van der Waals surface area contributed by atoms with Gasteiger partial charge in [-0.1, -0.05) is 0 Å². The second-order valence-corrected chi connectivity index (χ2v) is 4.41. The zero-order chi connectivity index (χ0) is 17.1. The van der Waals surface area contributed by atoms with E-state index in [2.05, 4.69) is 10.6 Å². The quantitative estimate of drug-likeness (QED) is 0.322. The third kappa shape index (κ3) is 11.1. The third-order valence-corrected chi connectivity index (χ3v) is 2.08. The van der Waals surface area contributed by atoms with Crippen molar-refractivity contribution in [1.82, 2.24) is 10.6 Å². The van der Waals surface area contributed by atoms with Gasteiger partial charge >= 0.3 is 24.0 Å². The molecule has 0 heterocycles. The van der Waals surface area contributed by atoms with Gasteiger partial charge in [0.15, 0.2) is 0 Å². The Morgan fingerprint density at radius 3 is 1.45 bits per heavy atom. The highest BCUT2D eigenvalue weighted by molar-refractivity contribution is 5.91. The molecule has 0 aromatic carbocycles. The molecule has 0 aromatic heterocycles. The minimum absolute atomic E-state index is 0.0965. The Balaban J connectivity index is 3.98. The van der Waals surface area contributed by atoms with Crippen LogP contribution in [0.15, 0.2) is 12.2 Å². The van der Waals surface area contributed by atoms with Crippen LogP contribution in [-0.4, -0.2) is 49.3 Å². The van der Waals surface area contributed by atoms with Gasteiger partial charge in [0.25, 0.3) is 0 Å². The van der Waals surface area contributed by atoms with Crippen molar-refractivity contribution in [2.75, 3.05) is 13.2 Å². The Morgan fingerprint density at radius 1 is 0.864 bits per heavy atom. The summed E-state index contributed by atoms with van der Waals surface area (Å²) in [6, 6.07) is -2.38. The molecular weight excluding hydrogens is 296 g/mol. The lowest BCUT2D eigenvalue weighted by Crippen LogP contribution is -2.39. The van der Waals surface area contributed by atoms with Crippen molar-refractivity contribution in [1.29, 1.82) is 0 Å². The van der Waals surface area contributed by atoms with E-state index in [0.717, 1.165) is 12.2 Å². The summed E-state index contributed by atoms with van der Waals surface area (Å²) in [7, 11) is 0. The average molecular weight is 316 g/mol. The van der Waals surface area contributed by atoms with Crippen molar-refractivity contribution in [3.8, 4) is 0 Å². The average Bonchev–Trinajstić information content (AvgIpc) is 2.39. The number of hydrogen-bond donors (Lipinski definition) is 4. The van der Waals surface area contributed by atoms with E-state index in [1.54, 1.807) is 13.8 Å². The molecule has 0 aliphatic carbocycles. The van der Waals surface area contributed by atoms with E-state index in [-0.39, 0.29) is 13.2 Å². The molecule has 0 radical (unpaired) electrons. The molecule has 0 unspecified atom stereocenters. The molecule has 0 saturated carbocycles. The minimum Gasteiger partial charge on any atom is -0.460 e. The lowest BCUT2D eigenvalue weighted by molar-refractivity contribution is -0.141. The third-order valence-electron chi connectivity index (χ3n) is 2.08. The lowest BCUT2D eigenvalue weighted by Gasteiger charge is -2.11. The predicted molar refractivity (Wildman–Crippen MR) is 75.4 cm³/mol. The van der Waals surface area contributed by atoms with Gasteiger partial charge in [-0.2, -0.15) is 0 Å². The fourth-order valence-corrected chi connectivity index (χ4v) is 1.22. The highest BCUT2D eigenvalue weighted by atomic mass is 16.5. The summed E-state index contributed by atoms with van der Waals surface area (Å²) in [6.07, 6.45) is 1.76. The van der Waals surface area contributed by atoms with Crippen LogP contribution in [0.4, 0.5) is 9.59 Å². The molecule has 124 valence electrons. The molecular formula is C12H20N4O6. The molecule has 0 fully saturated rings. The maximum atomic E-state index is 11.3. The molecule has 2 atom stereocenters. The Morgan fingerprint density at radius 2 is 1.18 bits per heavy atom. The number of hydrogen-bond acceptors (Lipinski definition) is 6. The van der Waals surface area contributed by atoms with Crippen LogP contribution in [0.1, 0.15) is 13.8 Å². The number of carbonyl (C=O) groups excluding carboxylic acids is 4. The van der Waals surface area contributed by atoms with Gasteiger partial charge in [0.05, 0.1) is 12.1 Å². The molecule has 0 aliphatic heterocycles. The van der Waals surface area contributed by atoms with Gasteiger partial charge < -0.3 is 31.6 Å². The van der Waals surface area contributed by atoms with Crippen molar-refractivity contribution in [2.24, 2.45) is 11.5 Å². The fraction of sp³-hybridized carbons (Fsp3) is 0.500. The summed E-state index contributed by atoms with van der Waals surface area (Å²) in [5.74, 6) is -1.56. The SMILES string of the molecule is C[C@H](COC(=O)/C=C/C(=O)OC[C@@H](C)NC(N)=O)NC(N)=O. The van der Waals surface area contributed by atoms with Crippen molar-refractivity contribution >= 4 is 24.0 Å². The number of rotatable bonds is 8. The van der Waals surface area contributed by atoms with Crippen molar-refractivity contribution < 1.29 is 28.7 Å². The Hall–Kier alpha value is -2.78. The Kier molecular flexibility index (Phi) is 8.75. The molecule has 0 rings (SSSR count). The summed E-state index contributed by atoms with van der Waals surface area (Å²) >= 11 is 0. The number of nitrogens with one attached hydrogen (secondary N) is 2. The summed E-state index contributed by atoms with van der Waals surface area (Å²) in [4.78, 5) is 43.6. The predicted octanol–water partition coefficient (Wildman–Crippen LogP) is -1.26. The number of nitrogens with two attached hydrogens (primary N) is 2. The summed E-state index contributed by atoms with van der Waals surface area (Å²) in [6.45, 7) is 2.98. The minimum atomic E-state index is -0.779. The molecule has 22 heavy (non-hydrogen) atoms. The van der Waals surface area contributed by atoms with Crippen LogP contribution in [0.3, 0.4) is 0 Å². The summed E-state index contributed by atoms with van der Waals surface area (Å²) in [5, 5.41) is 4.62. The first kappa shape index (κ1) is 19.2. The molecule has 0 spiro atoms. The number of carbonyl (C=O) groups is 4. The fourth-order valence-electron chi connectivity index (χ4n) is 1.22. The van der Waals surface area contributed by atoms with Crippen LogP contribution in [0, 0.1) is 0 Å². The number of ether oxygens (including phenoxy) is 2. The van der Waals surface area contributed by atoms with Crippen molar-refractivity contribution in [2.45, 2.75) is 25.9 Å². The molecule has 0 bridgehead atoms. The normalized spacial score (nSPS) is 13.0. The van der Waals surface area contributed by atoms with E-state index in [0.29, 0.717) is 0 Å². The standard InChI is InChI=1S/C12H20N4O6/c1-7(15-11(13)19)5-21-9(17)3-4-10(18)22-6-8(2)16-12(14)20/h3-4,7-8H,5-6H2,1-2H3,(H3,13,15,19)(H3,14,16,20)/b4-3+/t7-,8-/m1/s1. The second kappa shape index (κ2) is 10.0. The second-order valence-electron chi connectivity index (χ2n) is 4.41. The van der Waals surface area contributed by atoms with Gasteiger partial charge in [0.1, 0.15) is 13.2 Å². The number of urea groups is 2. The highest BCUT2D eigenvalue weighted by Crippen LogP contribution is 1.91. The van der Waals surface area contributed by atoms with E-state index in [1.165, 1.54) is 0 Å². The molecule has 6 N–H and O–H groups in total. The van der Waals surface area contributed by atoms with E-state index in [1.807, 2.05) is 0 Å². The Labute approximate surface area is 127 Å². The molecule has 0 aliphatic rings. The molecule has 10 nitrogen and oxygen atoms in total. The zero-order valence-corrected chi connectivity index (χ0v) is 12.3. The maximum Gasteiger partial charge on any atom is 0.331 e. The van der Waals surface area contributed by atoms with Gasteiger partial charge in [0.2, 0.25) is 0 Å². The van der Waals surface area contributed by atoms with Crippen molar-refractivity contribution in [3.05, 3.63) is 12.2 Å². The number of esters is 2. The van der Waals surface area contributed by atoms with Gasteiger partial charge in [-0.05, 0) is 13.8 Å².